The van der Waals surface area contributed by atoms with Gasteiger partial charge in [0.2, 0.25) is 0 Å². The van der Waals surface area contributed by atoms with E-state index in [1.165, 1.54) is 24.8 Å². The summed E-state index contributed by atoms with van der Waals surface area (Å²) in [6, 6.07) is 0.463. The highest BCUT2D eigenvalue weighted by molar-refractivity contribution is 14.0. The molecule has 0 amide bonds. The van der Waals surface area contributed by atoms with Crippen LogP contribution in [0.25, 0.3) is 0 Å². The lowest BCUT2D eigenvalue weighted by atomic mass is 10.0. The first-order chi connectivity index (χ1) is 11.0. The Hall–Kier alpha value is -0.790. The maximum absolute atomic E-state index is 4.69. The summed E-state index contributed by atoms with van der Waals surface area (Å²) in [6.45, 7) is 10.6. The Morgan fingerprint density at radius 1 is 1.25 bits per heavy atom. The van der Waals surface area contributed by atoms with Crippen LogP contribution in [-0.2, 0) is 13.5 Å². The molecule has 0 saturated heterocycles. The Balaban J connectivity index is 0.00000529. The number of aliphatic imine (C=N–C) groups is 1. The first-order valence-corrected chi connectivity index (χ1v) is 9.03. The number of aromatic nitrogens is 2. The molecule has 0 spiro atoms. The number of nitrogens with zero attached hydrogens (tertiary/aromatic N) is 3. The molecule has 6 heteroatoms. The number of aryl methyl sites for hydroxylation is 2. The highest BCUT2D eigenvalue weighted by Crippen LogP contribution is 2.08. The molecule has 1 aromatic heterocycles. The van der Waals surface area contributed by atoms with E-state index in [2.05, 4.69) is 54.6 Å². The number of hydrogen-bond donors (Lipinski definition) is 2. The summed E-state index contributed by atoms with van der Waals surface area (Å²) >= 11 is 0. The molecule has 1 unspecified atom stereocenters. The van der Waals surface area contributed by atoms with Crippen LogP contribution in [0.2, 0.25) is 0 Å². The van der Waals surface area contributed by atoms with Crippen molar-refractivity contribution in [2.75, 3.05) is 13.1 Å². The van der Waals surface area contributed by atoms with Crippen molar-refractivity contribution in [2.24, 2.45) is 18.0 Å². The van der Waals surface area contributed by atoms with Crippen LogP contribution in [0.1, 0.15) is 58.9 Å². The summed E-state index contributed by atoms with van der Waals surface area (Å²) < 4.78 is 1.85. The molecule has 0 bridgehead atoms. The van der Waals surface area contributed by atoms with Crippen LogP contribution >= 0.6 is 24.0 Å². The van der Waals surface area contributed by atoms with Crippen molar-refractivity contribution in [3.63, 3.8) is 0 Å². The van der Waals surface area contributed by atoms with Gasteiger partial charge in [-0.1, -0.05) is 26.7 Å². The molecule has 1 heterocycles. The monoisotopic (exact) mass is 449 g/mol. The zero-order valence-corrected chi connectivity index (χ0v) is 18.3. The van der Waals surface area contributed by atoms with Crippen molar-refractivity contribution >= 4 is 29.9 Å². The first-order valence-electron chi connectivity index (χ1n) is 9.03. The van der Waals surface area contributed by atoms with E-state index in [4.69, 9.17) is 0 Å². The van der Waals surface area contributed by atoms with Crippen LogP contribution in [0.5, 0.6) is 0 Å². The first kappa shape index (κ1) is 23.2. The van der Waals surface area contributed by atoms with Gasteiger partial charge in [-0.05, 0) is 44.6 Å². The van der Waals surface area contributed by atoms with E-state index in [9.17, 15) is 0 Å². The summed E-state index contributed by atoms with van der Waals surface area (Å²) in [5, 5.41) is 11.1. The van der Waals surface area contributed by atoms with Gasteiger partial charge in [0.25, 0.3) is 0 Å². The van der Waals surface area contributed by atoms with Gasteiger partial charge < -0.3 is 10.6 Å². The van der Waals surface area contributed by atoms with E-state index in [0.717, 1.165) is 37.8 Å². The molecule has 0 fully saturated rings. The SMILES string of the molecule is CCNC(=NCCCc1cnn(C)c1)NC(C)CCCC(C)C.I. The molecule has 0 aliphatic heterocycles. The lowest BCUT2D eigenvalue weighted by molar-refractivity contribution is 0.491. The molecule has 24 heavy (non-hydrogen) atoms. The smallest absolute Gasteiger partial charge is 0.191 e. The lowest BCUT2D eigenvalue weighted by Crippen LogP contribution is -2.42. The van der Waals surface area contributed by atoms with E-state index in [1.54, 1.807) is 0 Å². The lowest BCUT2D eigenvalue weighted by Gasteiger charge is -2.18. The topological polar surface area (TPSA) is 54.2 Å². The molecule has 0 aliphatic rings. The van der Waals surface area contributed by atoms with Gasteiger partial charge in [-0.15, -0.1) is 24.0 Å². The van der Waals surface area contributed by atoms with Crippen molar-refractivity contribution in [1.82, 2.24) is 20.4 Å². The fourth-order valence-electron chi connectivity index (χ4n) is 2.53. The minimum atomic E-state index is 0. The Bertz CT molecular complexity index is 456. The van der Waals surface area contributed by atoms with Crippen molar-refractivity contribution in [3.05, 3.63) is 18.0 Å². The van der Waals surface area contributed by atoms with E-state index in [0.29, 0.717) is 6.04 Å². The maximum Gasteiger partial charge on any atom is 0.191 e. The summed E-state index contributed by atoms with van der Waals surface area (Å²) in [6.07, 6.45) is 9.84. The minimum absolute atomic E-state index is 0. The van der Waals surface area contributed by atoms with E-state index >= 15 is 0 Å². The molecule has 0 aromatic carbocycles. The third-order valence-electron chi connectivity index (χ3n) is 3.80. The third-order valence-corrected chi connectivity index (χ3v) is 3.80. The van der Waals surface area contributed by atoms with Gasteiger partial charge in [-0.25, -0.2) is 0 Å². The second kappa shape index (κ2) is 13.5. The van der Waals surface area contributed by atoms with Gasteiger partial charge in [-0.3, -0.25) is 9.67 Å². The van der Waals surface area contributed by atoms with Gasteiger partial charge in [0, 0.05) is 32.4 Å². The molecule has 0 radical (unpaired) electrons. The largest absolute Gasteiger partial charge is 0.357 e. The maximum atomic E-state index is 4.69. The average molecular weight is 449 g/mol. The molecule has 5 nitrogen and oxygen atoms in total. The van der Waals surface area contributed by atoms with Crippen LogP contribution in [0, 0.1) is 5.92 Å². The number of nitrogens with one attached hydrogen (secondary N) is 2. The van der Waals surface area contributed by atoms with Gasteiger partial charge in [0.1, 0.15) is 0 Å². The number of hydrogen-bond acceptors (Lipinski definition) is 2. The standard InChI is InChI=1S/C18H35N5.HI/c1-6-19-18(22-16(4)10-7-9-15(2)3)20-12-8-11-17-13-21-23(5)14-17;/h13-16H,6-12H2,1-5H3,(H2,19,20,22);1H. The zero-order valence-electron chi connectivity index (χ0n) is 16.0. The van der Waals surface area contributed by atoms with Crippen molar-refractivity contribution in [1.29, 1.82) is 0 Å². The Morgan fingerprint density at radius 2 is 2.00 bits per heavy atom. The van der Waals surface area contributed by atoms with Crippen LogP contribution in [-0.4, -0.2) is 34.9 Å². The van der Waals surface area contributed by atoms with Crippen LogP contribution < -0.4 is 10.6 Å². The van der Waals surface area contributed by atoms with Gasteiger partial charge in [-0.2, -0.15) is 5.10 Å². The van der Waals surface area contributed by atoms with Crippen molar-refractivity contribution in [2.45, 2.75) is 65.8 Å². The summed E-state index contributed by atoms with van der Waals surface area (Å²) in [5.74, 6) is 1.73. The van der Waals surface area contributed by atoms with Gasteiger partial charge >= 0.3 is 0 Å². The summed E-state index contributed by atoms with van der Waals surface area (Å²) in [4.78, 5) is 4.69. The molecule has 140 valence electrons. The van der Waals surface area contributed by atoms with Crippen molar-refractivity contribution in [3.8, 4) is 0 Å². The molecule has 2 N–H and O–H groups in total. The van der Waals surface area contributed by atoms with E-state index in [1.807, 2.05) is 17.9 Å². The predicted octanol–water partition coefficient (Wildman–Crippen LogP) is 3.74. The molecule has 1 atom stereocenters. The Labute approximate surface area is 165 Å². The normalized spacial score (nSPS) is 12.8. The van der Waals surface area contributed by atoms with Gasteiger partial charge in [0.05, 0.1) is 6.20 Å². The molecular formula is C18H36IN5. The fraction of sp³-hybridized carbons (Fsp3) is 0.778. The Kier molecular flexibility index (Phi) is 13.1. The van der Waals surface area contributed by atoms with Crippen LogP contribution in [0.3, 0.4) is 0 Å². The van der Waals surface area contributed by atoms with Crippen LogP contribution in [0.15, 0.2) is 17.4 Å². The minimum Gasteiger partial charge on any atom is -0.357 e. The van der Waals surface area contributed by atoms with Crippen molar-refractivity contribution < 1.29 is 0 Å². The zero-order chi connectivity index (χ0) is 17.1. The molecule has 1 aromatic rings. The molecule has 0 aliphatic carbocycles. The molecular weight excluding hydrogens is 413 g/mol. The summed E-state index contributed by atoms with van der Waals surface area (Å²) in [5.41, 5.74) is 1.28. The highest BCUT2D eigenvalue weighted by atomic mass is 127. The molecule has 1 rings (SSSR count). The second-order valence-electron chi connectivity index (χ2n) is 6.76. The van der Waals surface area contributed by atoms with E-state index < -0.39 is 0 Å². The van der Waals surface area contributed by atoms with E-state index in [-0.39, 0.29) is 24.0 Å². The predicted molar refractivity (Wildman–Crippen MR) is 114 cm³/mol. The summed E-state index contributed by atoms with van der Waals surface area (Å²) in [7, 11) is 1.95. The molecule has 0 saturated carbocycles. The quantitative estimate of drug-likeness (QED) is 0.248. The van der Waals surface area contributed by atoms with Gasteiger partial charge in [0.15, 0.2) is 5.96 Å². The number of rotatable bonds is 10. The number of guanidine groups is 1. The Morgan fingerprint density at radius 3 is 2.58 bits per heavy atom. The highest BCUT2D eigenvalue weighted by Gasteiger charge is 2.05. The fourth-order valence-corrected chi connectivity index (χ4v) is 2.53. The third kappa shape index (κ3) is 10.9. The average Bonchev–Trinajstić information content (AvgIpc) is 2.89. The van der Waals surface area contributed by atoms with Crippen LogP contribution in [0.4, 0.5) is 0 Å². The number of halogens is 1. The second-order valence-corrected chi connectivity index (χ2v) is 6.76.